The van der Waals surface area contributed by atoms with Crippen LogP contribution in [-0.2, 0) is 9.53 Å². The zero-order valence-corrected chi connectivity index (χ0v) is 5.67. The van der Waals surface area contributed by atoms with E-state index in [-0.39, 0.29) is 6.61 Å². The zero-order valence-electron chi connectivity index (χ0n) is 5.67. The van der Waals surface area contributed by atoms with Crippen molar-refractivity contribution in [2.45, 2.75) is 12.1 Å². The minimum atomic E-state index is -0.894. The molecule has 10 heavy (non-hydrogen) atoms. The Hall–Kier alpha value is -0.450. The number of aliphatic hydroxyl groups excluding tert-OH is 1. The van der Waals surface area contributed by atoms with Crippen LogP contribution in [0.3, 0.4) is 0 Å². The summed E-state index contributed by atoms with van der Waals surface area (Å²) >= 11 is 0. The average molecular weight is 145 g/mol. The van der Waals surface area contributed by atoms with Crippen LogP contribution in [0.25, 0.3) is 0 Å². The highest BCUT2D eigenvalue weighted by Crippen LogP contribution is 2.12. The molecule has 1 rings (SSSR count). The molecule has 0 spiro atoms. The lowest BCUT2D eigenvalue weighted by Crippen LogP contribution is -2.43. The average Bonchev–Trinajstić information content (AvgIpc) is 2.39. The Balaban J connectivity index is 2.49. The van der Waals surface area contributed by atoms with Gasteiger partial charge in [0.1, 0.15) is 0 Å². The Morgan fingerprint density at radius 1 is 1.80 bits per heavy atom. The topological polar surface area (TPSA) is 58.6 Å². The molecule has 1 aliphatic rings. The van der Waals surface area contributed by atoms with Gasteiger partial charge in [-0.05, 0) is 0 Å². The molecule has 4 heteroatoms. The number of rotatable bonds is 3. The van der Waals surface area contributed by atoms with Crippen molar-refractivity contribution in [3.8, 4) is 0 Å². The maximum absolute atomic E-state index is 10.4. The molecule has 2 N–H and O–H groups in total. The van der Waals surface area contributed by atoms with Crippen LogP contribution in [0.1, 0.15) is 6.42 Å². The van der Waals surface area contributed by atoms with Gasteiger partial charge in [0.15, 0.2) is 12.0 Å². The Morgan fingerprint density at radius 2 is 2.60 bits per heavy atom. The van der Waals surface area contributed by atoms with Gasteiger partial charge >= 0.3 is 0 Å². The third-order valence-electron chi connectivity index (χ3n) is 1.56. The number of nitrogens with one attached hydrogen (secondary N) is 1. The van der Waals surface area contributed by atoms with Crippen LogP contribution in [0.15, 0.2) is 0 Å². The van der Waals surface area contributed by atoms with E-state index in [9.17, 15) is 4.79 Å². The molecule has 1 fully saturated rings. The molecular weight excluding hydrogens is 134 g/mol. The van der Waals surface area contributed by atoms with Gasteiger partial charge in [-0.2, -0.15) is 0 Å². The van der Waals surface area contributed by atoms with E-state index in [1.165, 1.54) is 0 Å². The van der Waals surface area contributed by atoms with Crippen LogP contribution < -0.4 is 5.32 Å². The Kier molecular flexibility index (Phi) is 2.37. The fourth-order valence-electron chi connectivity index (χ4n) is 1.01. The fraction of sp³-hybridized carbons (Fsp3) is 0.833. The van der Waals surface area contributed by atoms with Crippen LogP contribution >= 0.6 is 0 Å². The highest BCUT2D eigenvalue weighted by Gasteiger charge is 2.33. The molecule has 1 heterocycles. The summed E-state index contributed by atoms with van der Waals surface area (Å²) in [6.45, 7) is 1.18. The molecule has 1 atom stereocenters. The largest absolute Gasteiger partial charge is 0.396 e. The SMILES string of the molecule is O=CC1(CCO)NCCO1. The zero-order chi connectivity index (χ0) is 7.45. The minimum absolute atomic E-state index is 0.0360. The first-order valence-corrected chi connectivity index (χ1v) is 3.29. The van der Waals surface area contributed by atoms with E-state index in [0.29, 0.717) is 25.9 Å². The Morgan fingerprint density at radius 3 is 3.00 bits per heavy atom. The maximum Gasteiger partial charge on any atom is 0.177 e. The summed E-state index contributed by atoms with van der Waals surface area (Å²) in [7, 11) is 0. The Bertz CT molecular complexity index is 120. The molecular formula is C6H11NO3. The molecule has 1 aliphatic heterocycles. The van der Waals surface area contributed by atoms with Gasteiger partial charge in [-0.3, -0.25) is 10.1 Å². The predicted octanol–water partition coefficient (Wildman–Crippen LogP) is -1.12. The van der Waals surface area contributed by atoms with Crippen molar-refractivity contribution in [1.29, 1.82) is 0 Å². The predicted molar refractivity (Wildman–Crippen MR) is 34.5 cm³/mol. The van der Waals surface area contributed by atoms with E-state index in [2.05, 4.69) is 5.32 Å². The molecule has 0 aromatic rings. The highest BCUT2D eigenvalue weighted by atomic mass is 16.5. The van der Waals surface area contributed by atoms with Gasteiger partial charge < -0.3 is 9.84 Å². The fourth-order valence-corrected chi connectivity index (χ4v) is 1.01. The van der Waals surface area contributed by atoms with Gasteiger partial charge in [-0.15, -0.1) is 0 Å². The van der Waals surface area contributed by atoms with E-state index >= 15 is 0 Å². The molecule has 1 unspecified atom stereocenters. The molecule has 0 saturated carbocycles. The van der Waals surface area contributed by atoms with Crippen LogP contribution in [0.2, 0.25) is 0 Å². The van der Waals surface area contributed by atoms with Crippen molar-refractivity contribution < 1.29 is 14.6 Å². The molecule has 58 valence electrons. The summed E-state index contributed by atoms with van der Waals surface area (Å²) in [5.74, 6) is 0. The van der Waals surface area contributed by atoms with Crippen molar-refractivity contribution >= 4 is 6.29 Å². The van der Waals surface area contributed by atoms with Gasteiger partial charge in [0.2, 0.25) is 0 Å². The second-order valence-corrected chi connectivity index (χ2v) is 2.26. The normalized spacial score (nSPS) is 32.5. The second-order valence-electron chi connectivity index (χ2n) is 2.26. The van der Waals surface area contributed by atoms with Crippen LogP contribution in [0.4, 0.5) is 0 Å². The van der Waals surface area contributed by atoms with Gasteiger partial charge in [0.05, 0.1) is 6.61 Å². The van der Waals surface area contributed by atoms with Gasteiger partial charge in [-0.25, -0.2) is 0 Å². The minimum Gasteiger partial charge on any atom is -0.396 e. The maximum atomic E-state index is 10.4. The molecule has 0 bridgehead atoms. The number of carbonyl (C=O) groups excluding carboxylic acids is 1. The van der Waals surface area contributed by atoms with E-state index in [1.807, 2.05) is 0 Å². The van der Waals surface area contributed by atoms with Crippen molar-refractivity contribution in [3.63, 3.8) is 0 Å². The van der Waals surface area contributed by atoms with Gasteiger partial charge in [-0.1, -0.05) is 0 Å². The highest BCUT2D eigenvalue weighted by molar-refractivity contribution is 5.62. The first-order chi connectivity index (χ1) is 4.83. The number of aldehydes is 1. The number of carbonyl (C=O) groups is 1. The summed E-state index contributed by atoms with van der Waals surface area (Å²) in [4.78, 5) is 10.4. The summed E-state index contributed by atoms with van der Waals surface area (Å²) in [5, 5.41) is 11.4. The molecule has 0 amide bonds. The van der Waals surface area contributed by atoms with Gasteiger partial charge in [0.25, 0.3) is 0 Å². The van der Waals surface area contributed by atoms with E-state index < -0.39 is 5.72 Å². The summed E-state index contributed by atoms with van der Waals surface area (Å²) in [6, 6.07) is 0. The molecule has 0 radical (unpaired) electrons. The lowest BCUT2D eigenvalue weighted by atomic mass is 10.2. The monoisotopic (exact) mass is 145 g/mol. The van der Waals surface area contributed by atoms with E-state index in [1.54, 1.807) is 0 Å². The van der Waals surface area contributed by atoms with Crippen molar-refractivity contribution in [2.75, 3.05) is 19.8 Å². The van der Waals surface area contributed by atoms with Crippen molar-refractivity contribution in [3.05, 3.63) is 0 Å². The van der Waals surface area contributed by atoms with Crippen LogP contribution in [0.5, 0.6) is 0 Å². The number of ether oxygens (including phenoxy) is 1. The molecule has 0 aromatic heterocycles. The molecule has 1 saturated heterocycles. The number of hydrogen-bond donors (Lipinski definition) is 2. The number of hydrogen-bond acceptors (Lipinski definition) is 4. The van der Waals surface area contributed by atoms with Crippen molar-refractivity contribution in [1.82, 2.24) is 5.32 Å². The molecule has 0 aromatic carbocycles. The molecule has 0 aliphatic carbocycles. The van der Waals surface area contributed by atoms with Crippen LogP contribution in [-0.4, -0.2) is 36.9 Å². The first-order valence-electron chi connectivity index (χ1n) is 3.29. The quantitative estimate of drug-likeness (QED) is 0.494. The van der Waals surface area contributed by atoms with Crippen LogP contribution in [0, 0.1) is 0 Å². The Labute approximate surface area is 59.2 Å². The van der Waals surface area contributed by atoms with Gasteiger partial charge in [0, 0.05) is 19.6 Å². The third kappa shape index (κ3) is 1.34. The lowest BCUT2D eigenvalue weighted by Gasteiger charge is -2.19. The first kappa shape index (κ1) is 7.65. The van der Waals surface area contributed by atoms with E-state index in [4.69, 9.17) is 9.84 Å². The second kappa shape index (κ2) is 3.09. The standard InChI is InChI=1S/C6H11NO3/c8-3-1-6(5-9)7-2-4-10-6/h5,7-8H,1-4H2. The summed E-state index contributed by atoms with van der Waals surface area (Å²) < 4.78 is 5.09. The smallest absolute Gasteiger partial charge is 0.177 e. The number of aliphatic hydroxyl groups is 1. The summed E-state index contributed by atoms with van der Waals surface area (Å²) in [6.07, 6.45) is 1.03. The lowest BCUT2D eigenvalue weighted by molar-refractivity contribution is -0.129. The van der Waals surface area contributed by atoms with E-state index in [0.717, 1.165) is 0 Å². The molecule has 4 nitrogen and oxygen atoms in total. The summed E-state index contributed by atoms with van der Waals surface area (Å²) in [5.41, 5.74) is -0.894. The third-order valence-corrected chi connectivity index (χ3v) is 1.56. The van der Waals surface area contributed by atoms with Crippen molar-refractivity contribution in [2.24, 2.45) is 0 Å².